The third kappa shape index (κ3) is 4.87. The van der Waals surface area contributed by atoms with Crippen LogP contribution in [0.25, 0.3) is 0 Å². The van der Waals surface area contributed by atoms with Crippen LogP contribution >= 0.6 is 39.1 Å². The molecule has 0 aliphatic heterocycles. The van der Waals surface area contributed by atoms with Crippen molar-refractivity contribution in [1.82, 2.24) is 19.6 Å². The first-order chi connectivity index (χ1) is 12.4. The second-order valence-corrected chi connectivity index (χ2v) is 7.46. The number of rotatable bonds is 6. The topological polar surface area (TPSA) is 64.7 Å². The smallest absolute Gasteiger partial charge is 0.227 e. The Morgan fingerprint density at radius 1 is 1.19 bits per heavy atom. The summed E-state index contributed by atoms with van der Waals surface area (Å²) in [5.41, 5.74) is 1.88. The summed E-state index contributed by atoms with van der Waals surface area (Å²) in [6.07, 6.45) is 3.96. The number of anilines is 1. The molecule has 0 radical (unpaired) electrons. The van der Waals surface area contributed by atoms with Crippen LogP contribution in [0, 0.1) is 6.92 Å². The molecule has 3 aromatic rings. The second-order valence-electron chi connectivity index (χ2n) is 5.79. The summed E-state index contributed by atoms with van der Waals surface area (Å²) in [5.74, 6) is 0.352. The molecule has 0 spiro atoms. The van der Waals surface area contributed by atoms with Gasteiger partial charge in [-0.25, -0.2) is 0 Å². The summed E-state index contributed by atoms with van der Waals surface area (Å²) >= 11 is 15.4. The Kier molecular flexibility index (Phi) is 6.01. The van der Waals surface area contributed by atoms with E-state index in [1.54, 1.807) is 27.7 Å². The lowest BCUT2D eigenvalue weighted by molar-refractivity contribution is -0.116. The summed E-state index contributed by atoms with van der Waals surface area (Å²) in [4.78, 5) is 12.1. The number of nitrogens with zero attached hydrogens (tertiary/aromatic N) is 4. The average molecular weight is 457 g/mol. The van der Waals surface area contributed by atoms with Crippen molar-refractivity contribution in [1.29, 1.82) is 0 Å². The van der Waals surface area contributed by atoms with E-state index in [0.717, 1.165) is 11.3 Å². The zero-order chi connectivity index (χ0) is 18.7. The summed E-state index contributed by atoms with van der Waals surface area (Å²) in [7, 11) is 0. The normalized spacial score (nSPS) is 10.9. The molecular weight excluding hydrogens is 441 g/mol. The Morgan fingerprint density at radius 3 is 2.69 bits per heavy atom. The molecule has 0 bridgehead atoms. The number of hydrogen-bond donors (Lipinski definition) is 1. The summed E-state index contributed by atoms with van der Waals surface area (Å²) in [5, 5.41) is 12.5. The Morgan fingerprint density at radius 2 is 2.00 bits per heavy atom. The fourth-order valence-electron chi connectivity index (χ4n) is 2.39. The molecule has 1 amide bonds. The largest absolute Gasteiger partial charge is 0.308 e. The Hall–Kier alpha value is -1.83. The van der Waals surface area contributed by atoms with E-state index in [1.165, 1.54) is 0 Å². The standard InChI is InChI=1S/C17H16BrCl2N5O/c1-11-4-6-24(22-11)7-5-16(26)21-17-13(18)10-25(23-17)9-12-2-3-14(19)15(20)8-12/h2-4,6,8,10H,5,7,9H2,1H3,(H,21,23,26). The number of aromatic nitrogens is 4. The lowest BCUT2D eigenvalue weighted by Gasteiger charge is -2.05. The minimum Gasteiger partial charge on any atom is -0.308 e. The average Bonchev–Trinajstić information content (AvgIpc) is 3.15. The Labute approximate surface area is 169 Å². The molecule has 0 saturated carbocycles. The van der Waals surface area contributed by atoms with Crippen molar-refractivity contribution in [2.75, 3.05) is 5.32 Å². The van der Waals surface area contributed by atoms with E-state index in [4.69, 9.17) is 23.2 Å². The lowest BCUT2D eigenvalue weighted by atomic mass is 10.2. The van der Waals surface area contributed by atoms with E-state index in [2.05, 4.69) is 31.4 Å². The lowest BCUT2D eigenvalue weighted by Crippen LogP contribution is -2.15. The molecule has 0 atom stereocenters. The molecule has 26 heavy (non-hydrogen) atoms. The van der Waals surface area contributed by atoms with E-state index in [9.17, 15) is 4.79 Å². The van der Waals surface area contributed by atoms with Crippen LogP contribution in [0.2, 0.25) is 10.0 Å². The van der Waals surface area contributed by atoms with Gasteiger partial charge < -0.3 is 5.32 Å². The van der Waals surface area contributed by atoms with Crippen molar-refractivity contribution in [2.24, 2.45) is 0 Å². The number of carbonyl (C=O) groups is 1. The maximum absolute atomic E-state index is 12.1. The maximum Gasteiger partial charge on any atom is 0.227 e. The number of hydrogen-bond acceptors (Lipinski definition) is 3. The first-order valence-corrected chi connectivity index (χ1v) is 9.42. The van der Waals surface area contributed by atoms with Gasteiger partial charge >= 0.3 is 0 Å². The minimum atomic E-state index is -0.126. The van der Waals surface area contributed by atoms with Crippen LogP contribution in [0.4, 0.5) is 5.82 Å². The van der Waals surface area contributed by atoms with Gasteiger partial charge in [0.15, 0.2) is 5.82 Å². The zero-order valence-electron chi connectivity index (χ0n) is 13.9. The van der Waals surface area contributed by atoms with Crippen LogP contribution in [0.15, 0.2) is 41.1 Å². The van der Waals surface area contributed by atoms with E-state index < -0.39 is 0 Å². The number of amides is 1. The molecule has 1 N–H and O–H groups in total. The monoisotopic (exact) mass is 455 g/mol. The van der Waals surface area contributed by atoms with Gasteiger partial charge in [-0.1, -0.05) is 29.3 Å². The number of nitrogens with one attached hydrogen (secondary N) is 1. The van der Waals surface area contributed by atoms with Crippen LogP contribution in [-0.2, 0) is 17.9 Å². The maximum atomic E-state index is 12.1. The molecular formula is C17H16BrCl2N5O. The minimum absolute atomic E-state index is 0.126. The molecule has 6 nitrogen and oxygen atoms in total. The van der Waals surface area contributed by atoms with E-state index in [1.807, 2.05) is 25.3 Å². The van der Waals surface area contributed by atoms with E-state index in [0.29, 0.717) is 39.8 Å². The van der Waals surface area contributed by atoms with Crippen LogP contribution in [0.1, 0.15) is 17.7 Å². The van der Waals surface area contributed by atoms with Crippen LogP contribution in [0.3, 0.4) is 0 Å². The summed E-state index contributed by atoms with van der Waals surface area (Å²) in [6.45, 7) is 2.94. The van der Waals surface area contributed by atoms with Crippen molar-refractivity contribution >= 4 is 50.9 Å². The van der Waals surface area contributed by atoms with E-state index in [-0.39, 0.29) is 5.91 Å². The Balaban J connectivity index is 1.60. The van der Waals surface area contributed by atoms with Gasteiger partial charge in [0.2, 0.25) is 5.91 Å². The quantitative estimate of drug-likeness (QED) is 0.592. The number of carbonyl (C=O) groups excluding carboxylic acids is 1. The molecule has 2 aromatic heterocycles. The molecule has 136 valence electrons. The van der Waals surface area contributed by atoms with Gasteiger partial charge in [0, 0.05) is 25.4 Å². The molecule has 0 aliphatic rings. The molecule has 9 heteroatoms. The fraction of sp³-hybridized carbons (Fsp3) is 0.235. The van der Waals surface area contributed by atoms with Gasteiger partial charge in [0.05, 0.1) is 26.8 Å². The summed E-state index contributed by atoms with van der Waals surface area (Å²) < 4.78 is 4.17. The van der Waals surface area contributed by atoms with Gasteiger partial charge in [0.25, 0.3) is 0 Å². The highest BCUT2D eigenvalue weighted by molar-refractivity contribution is 9.10. The van der Waals surface area contributed by atoms with Gasteiger partial charge in [-0.3, -0.25) is 14.2 Å². The molecule has 0 unspecified atom stereocenters. The van der Waals surface area contributed by atoms with Crippen LogP contribution in [0.5, 0.6) is 0 Å². The highest BCUT2D eigenvalue weighted by Crippen LogP contribution is 2.24. The van der Waals surface area contributed by atoms with Crippen LogP contribution in [-0.4, -0.2) is 25.5 Å². The molecule has 0 fully saturated rings. The van der Waals surface area contributed by atoms with E-state index >= 15 is 0 Å². The first-order valence-electron chi connectivity index (χ1n) is 7.87. The van der Waals surface area contributed by atoms with Gasteiger partial charge in [-0.05, 0) is 46.6 Å². The molecule has 3 rings (SSSR count). The molecule has 2 heterocycles. The Bertz CT molecular complexity index is 937. The number of aryl methyl sites for hydroxylation is 2. The highest BCUT2D eigenvalue weighted by atomic mass is 79.9. The second kappa shape index (κ2) is 8.24. The van der Waals surface area contributed by atoms with Gasteiger partial charge in [0.1, 0.15) is 0 Å². The van der Waals surface area contributed by atoms with Crippen molar-refractivity contribution in [2.45, 2.75) is 26.4 Å². The van der Waals surface area contributed by atoms with Crippen molar-refractivity contribution in [3.8, 4) is 0 Å². The summed E-state index contributed by atoms with van der Waals surface area (Å²) in [6, 6.07) is 7.33. The molecule has 0 saturated heterocycles. The number of halogens is 3. The van der Waals surface area contributed by atoms with Gasteiger partial charge in [-0.15, -0.1) is 0 Å². The number of benzene rings is 1. The van der Waals surface area contributed by atoms with Crippen molar-refractivity contribution in [3.63, 3.8) is 0 Å². The van der Waals surface area contributed by atoms with Gasteiger partial charge in [-0.2, -0.15) is 10.2 Å². The van der Waals surface area contributed by atoms with Crippen molar-refractivity contribution in [3.05, 3.63) is 62.4 Å². The zero-order valence-corrected chi connectivity index (χ0v) is 17.0. The SMILES string of the molecule is Cc1ccn(CCC(=O)Nc2nn(Cc3ccc(Cl)c(Cl)c3)cc2Br)n1. The predicted molar refractivity (Wildman–Crippen MR) is 106 cm³/mol. The molecule has 0 aliphatic carbocycles. The highest BCUT2D eigenvalue weighted by Gasteiger charge is 2.11. The third-order valence-electron chi connectivity index (χ3n) is 3.65. The third-order valence-corrected chi connectivity index (χ3v) is 4.96. The fourth-order valence-corrected chi connectivity index (χ4v) is 3.12. The van der Waals surface area contributed by atoms with Crippen LogP contribution < -0.4 is 5.32 Å². The first kappa shape index (κ1) is 18.9. The predicted octanol–water partition coefficient (Wildman–Crippen LogP) is 4.53. The molecule has 1 aromatic carbocycles. The van der Waals surface area contributed by atoms with Crippen molar-refractivity contribution < 1.29 is 4.79 Å².